The fourth-order valence-electron chi connectivity index (χ4n) is 2.11. The van der Waals surface area contributed by atoms with Gasteiger partial charge in [0.2, 0.25) is 5.91 Å². The Morgan fingerprint density at radius 1 is 1.21 bits per heavy atom. The Labute approximate surface area is 155 Å². The van der Waals surface area contributed by atoms with Crippen LogP contribution in [0.2, 0.25) is 10.0 Å². The van der Waals surface area contributed by atoms with Crippen LogP contribution in [0.15, 0.2) is 35.7 Å². The van der Waals surface area contributed by atoms with Crippen molar-refractivity contribution in [1.82, 2.24) is 10.6 Å². The zero-order chi connectivity index (χ0) is 17.7. The van der Waals surface area contributed by atoms with Crippen molar-refractivity contribution < 1.29 is 9.59 Å². The van der Waals surface area contributed by atoms with Gasteiger partial charge in [0.05, 0.1) is 4.88 Å². The van der Waals surface area contributed by atoms with Crippen molar-refractivity contribution in [2.75, 3.05) is 0 Å². The Morgan fingerprint density at radius 3 is 2.54 bits per heavy atom. The molecule has 2 rings (SSSR count). The molecule has 2 aromatic rings. The monoisotopic (exact) mass is 384 g/mol. The number of halogens is 2. The molecule has 0 spiro atoms. The van der Waals surface area contributed by atoms with E-state index in [-0.39, 0.29) is 24.3 Å². The van der Waals surface area contributed by atoms with Crippen LogP contribution in [0, 0.1) is 5.92 Å². The maximum absolute atomic E-state index is 12.4. The summed E-state index contributed by atoms with van der Waals surface area (Å²) in [4.78, 5) is 25.2. The van der Waals surface area contributed by atoms with Gasteiger partial charge in [-0.3, -0.25) is 9.59 Å². The number of nitrogens with one attached hydrogen (secondary N) is 2. The van der Waals surface area contributed by atoms with E-state index in [2.05, 4.69) is 10.6 Å². The number of hydrogen-bond acceptors (Lipinski definition) is 3. The number of amides is 2. The van der Waals surface area contributed by atoms with Crippen LogP contribution in [0.1, 0.15) is 29.1 Å². The van der Waals surface area contributed by atoms with Gasteiger partial charge >= 0.3 is 0 Å². The maximum atomic E-state index is 12.4. The molecule has 0 aliphatic rings. The molecule has 0 radical (unpaired) electrons. The highest BCUT2D eigenvalue weighted by Gasteiger charge is 2.24. The molecule has 0 aliphatic heterocycles. The van der Waals surface area contributed by atoms with Crippen molar-refractivity contribution in [3.05, 3.63) is 56.2 Å². The predicted molar refractivity (Wildman–Crippen MR) is 98.7 cm³/mol. The summed E-state index contributed by atoms with van der Waals surface area (Å²) >= 11 is 13.3. The summed E-state index contributed by atoms with van der Waals surface area (Å²) < 4.78 is 0. The summed E-state index contributed by atoms with van der Waals surface area (Å²) in [6.45, 7) is 4.04. The lowest BCUT2D eigenvalue weighted by atomic mass is 10.0. The molecule has 0 saturated heterocycles. The Balaban J connectivity index is 2.00. The molecule has 4 nitrogen and oxygen atoms in total. The molecular formula is C17H18Cl2N2O2S. The molecule has 0 fully saturated rings. The lowest BCUT2D eigenvalue weighted by Gasteiger charge is -2.21. The molecule has 0 aliphatic carbocycles. The second kappa shape index (κ2) is 8.51. The zero-order valence-electron chi connectivity index (χ0n) is 13.3. The number of hydrogen-bond donors (Lipinski definition) is 2. The highest BCUT2D eigenvalue weighted by atomic mass is 35.5. The van der Waals surface area contributed by atoms with Crippen molar-refractivity contribution >= 4 is 46.4 Å². The summed E-state index contributed by atoms with van der Waals surface area (Å²) in [5, 5.41) is 8.45. The van der Waals surface area contributed by atoms with Crippen molar-refractivity contribution in [2.45, 2.75) is 26.4 Å². The van der Waals surface area contributed by atoms with E-state index in [9.17, 15) is 9.59 Å². The van der Waals surface area contributed by atoms with Crippen LogP contribution >= 0.6 is 34.5 Å². The molecule has 7 heteroatoms. The van der Waals surface area contributed by atoms with E-state index in [1.807, 2.05) is 19.2 Å². The van der Waals surface area contributed by atoms with E-state index < -0.39 is 6.04 Å². The molecule has 1 aromatic carbocycles. The van der Waals surface area contributed by atoms with E-state index >= 15 is 0 Å². The Hall–Kier alpha value is -1.56. The van der Waals surface area contributed by atoms with Gasteiger partial charge in [-0.05, 0) is 35.1 Å². The van der Waals surface area contributed by atoms with E-state index in [0.717, 1.165) is 5.56 Å². The number of benzene rings is 1. The molecule has 1 unspecified atom stereocenters. The fourth-order valence-corrected chi connectivity index (χ4v) is 3.21. The molecule has 1 atom stereocenters. The van der Waals surface area contributed by atoms with Gasteiger partial charge in [0.1, 0.15) is 6.04 Å². The first-order valence-electron chi connectivity index (χ1n) is 7.44. The SMILES string of the molecule is CC(C)C(NC(=O)c1cccs1)C(=O)NCc1ccc(Cl)cc1Cl. The largest absolute Gasteiger partial charge is 0.350 e. The summed E-state index contributed by atoms with van der Waals surface area (Å²) in [5.74, 6) is -0.543. The Bertz CT molecular complexity index is 717. The van der Waals surface area contributed by atoms with Crippen LogP contribution < -0.4 is 10.6 Å². The Kier molecular flexibility index (Phi) is 6.66. The van der Waals surface area contributed by atoms with E-state index in [4.69, 9.17) is 23.2 Å². The van der Waals surface area contributed by atoms with Gasteiger partial charge in [0, 0.05) is 16.6 Å². The van der Waals surface area contributed by atoms with Crippen molar-refractivity contribution in [2.24, 2.45) is 5.92 Å². The normalized spacial score (nSPS) is 12.0. The third-order valence-electron chi connectivity index (χ3n) is 3.45. The van der Waals surface area contributed by atoms with Crippen molar-refractivity contribution in [1.29, 1.82) is 0 Å². The first kappa shape index (κ1) is 18.8. The minimum Gasteiger partial charge on any atom is -0.350 e. The maximum Gasteiger partial charge on any atom is 0.262 e. The molecule has 1 heterocycles. The van der Waals surface area contributed by atoms with Crippen LogP contribution in [0.3, 0.4) is 0 Å². The highest BCUT2D eigenvalue weighted by molar-refractivity contribution is 7.12. The molecule has 0 bridgehead atoms. The molecule has 0 saturated carbocycles. The van der Waals surface area contributed by atoms with Gasteiger partial charge in [-0.25, -0.2) is 0 Å². The summed E-state index contributed by atoms with van der Waals surface area (Å²) in [5.41, 5.74) is 0.765. The lowest BCUT2D eigenvalue weighted by molar-refractivity contribution is -0.124. The number of carbonyl (C=O) groups excluding carboxylic acids is 2. The summed E-state index contributed by atoms with van der Waals surface area (Å²) in [6, 6.07) is 8.01. The zero-order valence-corrected chi connectivity index (χ0v) is 15.6. The average Bonchev–Trinajstić information content (AvgIpc) is 3.05. The van der Waals surface area contributed by atoms with Gasteiger partial charge in [0.15, 0.2) is 0 Å². The summed E-state index contributed by atoms with van der Waals surface area (Å²) in [7, 11) is 0. The lowest BCUT2D eigenvalue weighted by Crippen LogP contribution is -2.49. The van der Waals surface area contributed by atoms with Crippen molar-refractivity contribution in [3.8, 4) is 0 Å². The fraction of sp³-hybridized carbons (Fsp3) is 0.294. The first-order chi connectivity index (χ1) is 11.4. The quantitative estimate of drug-likeness (QED) is 0.786. The topological polar surface area (TPSA) is 58.2 Å². The van der Waals surface area contributed by atoms with Gasteiger partial charge < -0.3 is 10.6 Å². The van der Waals surface area contributed by atoms with E-state index in [1.165, 1.54) is 11.3 Å². The number of carbonyl (C=O) groups is 2. The standard InChI is InChI=1S/C17H18Cl2N2O2S/c1-10(2)15(21-16(22)14-4-3-7-24-14)17(23)20-9-11-5-6-12(18)8-13(11)19/h3-8,10,15H,9H2,1-2H3,(H,20,23)(H,21,22). The van der Waals surface area contributed by atoms with Crippen LogP contribution in [0.25, 0.3) is 0 Å². The molecule has 128 valence electrons. The highest BCUT2D eigenvalue weighted by Crippen LogP contribution is 2.20. The molecule has 2 N–H and O–H groups in total. The van der Waals surface area contributed by atoms with Crippen LogP contribution in [-0.2, 0) is 11.3 Å². The number of thiophene rings is 1. The first-order valence-corrected chi connectivity index (χ1v) is 9.08. The van der Waals surface area contributed by atoms with E-state index in [0.29, 0.717) is 14.9 Å². The van der Waals surface area contributed by atoms with Crippen LogP contribution in [0.5, 0.6) is 0 Å². The van der Waals surface area contributed by atoms with Crippen molar-refractivity contribution in [3.63, 3.8) is 0 Å². The molecule has 2 amide bonds. The van der Waals surface area contributed by atoms with Crippen LogP contribution in [0.4, 0.5) is 0 Å². The smallest absolute Gasteiger partial charge is 0.262 e. The second-order valence-corrected chi connectivity index (χ2v) is 7.42. The third-order valence-corrected chi connectivity index (χ3v) is 4.90. The van der Waals surface area contributed by atoms with Gasteiger partial charge in [-0.2, -0.15) is 0 Å². The average molecular weight is 385 g/mol. The molecule has 1 aromatic heterocycles. The van der Waals surface area contributed by atoms with Gasteiger partial charge in [0.25, 0.3) is 5.91 Å². The van der Waals surface area contributed by atoms with Gasteiger partial charge in [-0.1, -0.05) is 49.2 Å². The predicted octanol–water partition coefficient (Wildman–Crippen LogP) is 4.13. The van der Waals surface area contributed by atoms with Gasteiger partial charge in [-0.15, -0.1) is 11.3 Å². The third kappa shape index (κ3) is 4.97. The number of rotatable bonds is 6. The minimum absolute atomic E-state index is 0.0467. The minimum atomic E-state index is -0.620. The van der Waals surface area contributed by atoms with Crippen LogP contribution in [-0.4, -0.2) is 17.9 Å². The van der Waals surface area contributed by atoms with E-state index in [1.54, 1.807) is 30.3 Å². The molecular weight excluding hydrogens is 367 g/mol. The molecule has 24 heavy (non-hydrogen) atoms. The second-order valence-electron chi connectivity index (χ2n) is 5.63. The summed E-state index contributed by atoms with van der Waals surface area (Å²) in [6.07, 6.45) is 0. The Morgan fingerprint density at radius 2 is 1.96 bits per heavy atom.